The first-order chi connectivity index (χ1) is 8.31. The molecule has 0 aromatic heterocycles. The molecule has 3 N–H and O–H groups in total. The quantitative estimate of drug-likeness (QED) is 0.856. The van der Waals surface area contributed by atoms with Gasteiger partial charge in [-0.3, -0.25) is 4.79 Å². The predicted octanol–water partition coefficient (Wildman–Crippen LogP) is 2.12. The Balaban J connectivity index is 3.49. The van der Waals surface area contributed by atoms with Gasteiger partial charge in [-0.15, -0.1) is 0 Å². The number of thioether (sulfide) groups is 1. The number of hydrogen-bond donors (Lipinski definition) is 2. The Hall–Kier alpha value is -1.49. The smallest absolute Gasteiger partial charge is 0.336 e. The highest BCUT2D eigenvalue weighted by atomic mass is 32.2. The Labute approximate surface area is 111 Å². The van der Waals surface area contributed by atoms with Gasteiger partial charge in [0.1, 0.15) is 0 Å². The third kappa shape index (κ3) is 2.85. The minimum atomic E-state index is -1.12. The second-order valence-corrected chi connectivity index (χ2v) is 5.58. The number of primary amides is 1. The summed E-state index contributed by atoms with van der Waals surface area (Å²) >= 11 is 1.63. The van der Waals surface area contributed by atoms with E-state index >= 15 is 0 Å². The van der Waals surface area contributed by atoms with Crippen molar-refractivity contribution in [3.63, 3.8) is 0 Å². The SMILES string of the molecule is CSCC(C)(C)c1cccc(C(N)=O)c1C(=O)O. The lowest BCUT2D eigenvalue weighted by Gasteiger charge is -2.26. The van der Waals surface area contributed by atoms with Gasteiger partial charge in [0.25, 0.3) is 0 Å². The summed E-state index contributed by atoms with van der Waals surface area (Å²) in [4.78, 5) is 22.7. The summed E-state index contributed by atoms with van der Waals surface area (Å²) in [5.41, 5.74) is 5.62. The van der Waals surface area contributed by atoms with Gasteiger partial charge in [-0.1, -0.05) is 26.0 Å². The molecule has 0 saturated carbocycles. The lowest BCUT2D eigenvalue weighted by Crippen LogP contribution is -2.27. The molecule has 1 amide bonds. The monoisotopic (exact) mass is 267 g/mol. The Morgan fingerprint density at radius 2 is 2.00 bits per heavy atom. The highest BCUT2D eigenvalue weighted by Gasteiger charge is 2.28. The summed E-state index contributed by atoms with van der Waals surface area (Å²) in [5, 5.41) is 9.31. The number of hydrogen-bond acceptors (Lipinski definition) is 3. The van der Waals surface area contributed by atoms with Crippen molar-refractivity contribution in [3.05, 3.63) is 34.9 Å². The zero-order chi connectivity index (χ0) is 13.9. The number of carbonyl (C=O) groups is 2. The van der Waals surface area contributed by atoms with Gasteiger partial charge < -0.3 is 10.8 Å². The van der Waals surface area contributed by atoms with Gasteiger partial charge in [0.15, 0.2) is 0 Å². The number of carboxylic acids is 1. The van der Waals surface area contributed by atoms with E-state index in [-0.39, 0.29) is 16.5 Å². The van der Waals surface area contributed by atoms with E-state index in [0.29, 0.717) is 5.56 Å². The largest absolute Gasteiger partial charge is 0.478 e. The molecule has 1 rings (SSSR count). The van der Waals surface area contributed by atoms with E-state index in [1.54, 1.807) is 23.9 Å². The van der Waals surface area contributed by atoms with Crippen LogP contribution in [0.2, 0.25) is 0 Å². The second kappa shape index (κ2) is 5.44. The standard InChI is InChI=1S/C13H17NO3S/c1-13(2,7-18-3)9-6-4-5-8(11(14)15)10(9)12(16)17/h4-6H,7H2,1-3H3,(H2,14,15)(H,16,17). The molecule has 0 radical (unpaired) electrons. The van der Waals surface area contributed by atoms with Gasteiger partial charge in [0, 0.05) is 5.75 Å². The lowest BCUT2D eigenvalue weighted by molar-refractivity contribution is 0.0689. The summed E-state index contributed by atoms with van der Waals surface area (Å²) in [6, 6.07) is 4.86. The molecule has 0 spiro atoms. The Morgan fingerprint density at radius 3 is 2.44 bits per heavy atom. The molecule has 5 heteroatoms. The Kier molecular flexibility index (Phi) is 4.40. The molecule has 0 saturated heterocycles. The van der Waals surface area contributed by atoms with Crippen LogP contribution >= 0.6 is 11.8 Å². The van der Waals surface area contributed by atoms with Crippen LogP contribution in [-0.4, -0.2) is 29.0 Å². The van der Waals surface area contributed by atoms with Gasteiger partial charge in [0.2, 0.25) is 5.91 Å². The number of rotatable bonds is 5. The molecule has 0 aliphatic heterocycles. The highest BCUT2D eigenvalue weighted by Crippen LogP contribution is 2.31. The van der Waals surface area contributed by atoms with Crippen LogP contribution in [0, 0.1) is 0 Å². The third-order valence-electron chi connectivity index (χ3n) is 2.78. The van der Waals surface area contributed by atoms with E-state index in [9.17, 15) is 14.7 Å². The maximum absolute atomic E-state index is 11.4. The zero-order valence-electron chi connectivity index (χ0n) is 10.7. The third-order valence-corrected chi connectivity index (χ3v) is 3.79. The number of nitrogens with two attached hydrogens (primary N) is 1. The van der Waals surface area contributed by atoms with Crippen LogP contribution in [0.1, 0.15) is 40.1 Å². The molecule has 0 bridgehead atoms. The molecule has 0 atom stereocenters. The lowest BCUT2D eigenvalue weighted by atomic mass is 9.81. The van der Waals surface area contributed by atoms with Crippen LogP contribution < -0.4 is 5.73 Å². The van der Waals surface area contributed by atoms with Crippen LogP contribution in [0.3, 0.4) is 0 Å². The van der Waals surface area contributed by atoms with Gasteiger partial charge in [-0.05, 0) is 23.3 Å². The summed E-state index contributed by atoms with van der Waals surface area (Å²) in [6.45, 7) is 3.91. The van der Waals surface area contributed by atoms with E-state index in [0.717, 1.165) is 5.75 Å². The van der Waals surface area contributed by atoms with Crippen molar-refractivity contribution in [3.8, 4) is 0 Å². The van der Waals surface area contributed by atoms with Crippen LogP contribution in [0.25, 0.3) is 0 Å². The van der Waals surface area contributed by atoms with E-state index in [4.69, 9.17) is 5.73 Å². The first-order valence-corrected chi connectivity index (χ1v) is 6.86. The molecule has 4 nitrogen and oxygen atoms in total. The number of aromatic carboxylic acids is 1. The fourth-order valence-corrected chi connectivity index (χ4v) is 2.87. The average molecular weight is 267 g/mol. The maximum Gasteiger partial charge on any atom is 0.336 e. The van der Waals surface area contributed by atoms with Crippen LogP contribution in [0.15, 0.2) is 18.2 Å². The van der Waals surface area contributed by atoms with Crippen molar-refractivity contribution in [1.82, 2.24) is 0 Å². The highest BCUT2D eigenvalue weighted by molar-refractivity contribution is 7.98. The van der Waals surface area contributed by atoms with Gasteiger partial charge in [0.05, 0.1) is 11.1 Å². The van der Waals surface area contributed by atoms with E-state index < -0.39 is 11.9 Å². The van der Waals surface area contributed by atoms with Crippen LogP contribution in [0.5, 0.6) is 0 Å². The molecule has 0 unspecified atom stereocenters. The Morgan fingerprint density at radius 1 is 1.39 bits per heavy atom. The Bertz CT molecular complexity index is 483. The molecule has 18 heavy (non-hydrogen) atoms. The molecule has 0 aliphatic carbocycles. The molecule has 1 aromatic carbocycles. The molecular formula is C13H17NO3S. The van der Waals surface area contributed by atoms with Gasteiger partial charge in [-0.2, -0.15) is 11.8 Å². The first kappa shape index (κ1) is 14.6. The molecule has 0 heterocycles. The fourth-order valence-electron chi connectivity index (χ4n) is 1.99. The summed E-state index contributed by atoms with van der Waals surface area (Å²) < 4.78 is 0. The minimum Gasteiger partial charge on any atom is -0.478 e. The fraction of sp³-hybridized carbons (Fsp3) is 0.385. The van der Waals surface area contributed by atoms with Crippen LogP contribution in [0.4, 0.5) is 0 Å². The minimum absolute atomic E-state index is 0.0176. The van der Waals surface area contributed by atoms with Crippen molar-refractivity contribution in [2.45, 2.75) is 19.3 Å². The number of benzene rings is 1. The van der Waals surface area contributed by atoms with Crippen LogP contribution in [-0.2, 0) is 5.41 Å². The zero-order valence-corrected chi connectivity index (χ0v) is 11.5. The van der Waals surface area contributed by atoms with Crippen molar-refractivity contribution in [2.75, 3.05) is 12.0 Å². The van der Waals surface area contributed by atoms with Crippen molar-refractivity contribution >= 4 is 23.6 Å². The number of carboxylic acid groups (broad SMARTS) is 1. The average Bonchev–Trinajstić information content (AvgIpc) is 2.27. The molecule has 0 fully saturated rings. The summed E-state index contributed by atoms with van der Waals surface area (Å²) in [6.07, 6.45) is 1.96. The topological polar surface area (TPSA) is 80.4 Å². The normalized spacial score (nSPS) is 11.3. The molecule has 0 aliphatic rings. The van der Waals surface area contributed by atoms with Gasteiger partial charge in [-0.25, -0.2) is 4.79 Å². The first-order valence-electron chi connectivity index (χ1n) is 5.47. The number of carbonyl (C=O) groups excluding carboxylic acids is 1. The summed E-state index contributed by atoms with van der Waals surface area (Å²) in [5.74, 6) is -1.07. The van der Waals surface area contributed by atoms with E-state index in [1.165, 1.54) is 6.07 Å². The summed E-state index contributed by atoms with van der Waals surface area (Å²) in [7, 11) is 0. The maximum atomic E-state index is 11.4. The van der Waals surface area contributed by atoms with Gasteiger partial charge >= 0.3 is 5.97 Å². The number of amides is 1. The second-order valence-electron chi connectivity index (χ2n) is 4.71. The molecular weight excluding hydrogens is 250 g/mol. The van der Waals surface area contributed by atoms with Crippen molar-refractivity contribution < 1.29 is 14.7 Å². The van der Waals surface area contributed by atoms with Crippen molar-refractivity contribution in [1.29, 1.82) is 0 Å². The molecule has 98 valence electrons. The van der Waals surface area contributed by atoms with E-state index in [2.05, 4.69) is 0 Å². The van der Waals surface area contributed by atoms with Crippen molar-refractivity contribution in [2.24, 2.45) is 5.73 Å². The van der Waals surface area contributed by atoms with E-state index in [1.807, 2.05) is 20.1 Å². The molecule has 1 aromatic rings. The predicted molar refractivity (Wildman–Crippen MR) is 73.3 cm³/mol.